The van der Waals surface area contributed by atoms with Crippen molar-refractivity contribution in [3.8, 4) is 0 Å². The highest BCUT2D eigenvalue weighted by Gasteiger charge is 2.32. The summed E-state index contributed by atoms with van der Waals surface area (Å²) in [5, 5.41) is 4.46. The molecule has 5 N–H and O–H groups in total. The van der Waals surface area contributed by atoms with E-state index in [0.29, 0.717) is 19.0 Å². The molecule has 2 aromatic rings. The summed E-state index contributed by atoms with van der Waals surface area (Å²) in [5.74, 6) is 0.814. The number of guanidine groups is 1. The van der Waals surface area contributed by atoms with Crippen LogP contribution in [0.5, 0.6) is 0 Å². The number of methoxy groups -OCH3 is 1. The van der Waals surface area contributed by atoms with E-state index >= 15 is 0 Å². The van der Waals surface area contributed by atoms with Gasteiger partial charge in [0.25, 0.3) is 5.91 Å². The van der Waals surface area contributed by atoms with Gasteiger partial charge in [-0.2, -0.15) is 0 Å². The van der Waals surface area contributed by atoms with E-state index in [4.69, 9.17) is 21.2 Å². The highest BCUT2D eigenvalue weighted by atomic mass is 35.5. The molecule has 0 bridgehead atoms. The number of hydrogen-bond acceptors (Lipinski definition) is 6. The number of aromatic nitrogens is 2. The number of nitrogens with two attached hydrogens (primary N) is 2. The lowest BCUT2D eigenvalue weighted by Crippen LogP contribution is -2.40. The maximum atomic E-state index is 13.4. The lowest BCUT2D eigenvalue weighted by Gasteiger charge is -2.30. The summed E-state index contributed by atoms with van der Waals surface area (Å²) in [4.78, 5) is 29.0. The fourth-order valence-corrected chi connectivity index (χ4v) is 4.85. The summed E-state index contributed by atoms with van der Waals surface area (Å²) in [7, 11) is 1.66. The molecule has 4 rings (SSSR count). The molecule has 0 unspecified atom stereocenters. The summed E-state index contributed by atoms with van der Waals surface area (Å²) in [6.45, 7) is 3.25. The predicted molar refractivity (Wildman–Crippen MR) is 140 cm³/mol. The van der Waals surface area contributed by atoms with Crippen molar-refractivity contribution in [3.05, 3.63) is 29.6 Å². The molecule has 2 heterocycles. The molecular formula is C23H35Cl2N7O2. The zero-order valence-corrected chi connectivity index (χ0v) is 21.3. The third-order valence-electron chi connectivity index (χ3n) is 6.41. The molecule has 2 aliphatic rings. The second-order valence-corrected chi connectivity index (χ2v) is 8.82. The van der Waals surface area contributed by atoms with Gasteiger partial charge in [0.15, 0.2) is 5.96 Å². The molecule has 1 aromatic heterocycles. The first-order chi connectivity index (χ1) is 15.5. The van der Waals surface area contributed by atoms with Crippen LogP contribution in [0, 0.1) is 6.92 Å². The summed E-state index contributed by atoms with van der Waals surface area (Å²) in [6, 6.07) is 6.08. The number of ether oxygens (including phenoxy) is 1. The average molecular weight is 512 g/mol. The van der Waals surface area contributed by atoms with Crippen LogP contribution in [0.2, 0.25) is 0 Å². The number of amides is 1. The van der Waals surface area contributed by atoms with E-state index in [-0.39, 0.29) is 60.6 Å². The molecule has 1 aliphatic heterocycles. The van der Waals surface area contributed by atoms with Gasteiger partial charge in [-0.05, 0) is 44.7 Å². The SMILES string of the molecule is COC[C@@H]1CCCN1C(=O)c1nc(N[C@H]2CCCC[C@H]2N=C(N)N)c2cc(C)ccc2n1.Cl.Cl. The van der Waals surface area contributed by atoms with Gasteiger partial charge in [-0.15, -0.1) is 24.8 Å². The monoisotopic (exact) mass is 511 g/mol. The topological polar surface area (TPSA) is 132 Å². The van der Waals surface area contributed by atoms with Crippen molar-refractivity contribution in [1.82, 2.24) is 14.9 Å². The quantitative estimate of drug-likeness (QED) is 0.400. The van der Waals surface area contributed by atoms with Crippen LogP contribution in [0.15, 0.2) is 23.2 Å². The Kier molecular flexibility index (Phi) is 10.1. The molecule has 1 saturated heterocycles. The third-order valence-corrected chi connectivity index (χ3v) is 6.41. The van der Waals surface area contributed by atoms with Crippen LogP contribution in [0.4, 0.5) is 5.82 Å². The van der Waals surface area contributed by atoms with Crippen LogP contribution in [-0.2, 0) is 4.74 Å². The summed E-state index contributed by atoms with van der Waals surface area (Å²) in [5.41, 5.74) is 13.2. The van der Waals surface area contributed by atoms with Crippen molar-refractivity contribution in [1.29, 1.82) is 0 Å². The van der Waals surface area contributed by atoms with Gasteiger partial charge in [-0.3, -0.25) is 4.79 Å². The maximum Gasteiger partial charge on any atom is 0.292 e. The fraction of sp³-hybridized carbons (Fsp3) is 0.565. The Balaban J connectivity index is 0.00000204. The Bertz CT molecular complexity index is 1020. The molecule has 11 heteroatoms. The van der Waals surface area contributed by atoms with E-state index in [2.05, 4.69) is 15.3 Å². The lowest BCUT2D eigenvalue weighted by molar-refractivity contribution is 0.0619. The Hall–Kier alpha value is -2.36. The van der Waals surface area contributed by atoms with E-state index in [9.17, 15) is 4.79 Å². The Morgan fingerprint density at radius 1 is 1.18 bits per heavy atom. The third kappa shape index (κ3) is 6.20. The van der Waals surface area contributed by atoms with Gasteiger partial charge in [-0.25, -0.2) is 15.0 Å². The van der Waals surface area contributed by atoms with Crippen LogP contribution in [0.3, 0.4) is 0 Å². The molecule has 1 amide bonds. The number of nitrogens with zero attached hydrogens (tertiary/aromatic N) is 4. The first-order valence-electron chi connectivity index (χ1n) is 11.4. The molecule has 1 aromatic carbocycles. The minimum Gasteiger partial charge on any atom is -0.383 e. The van der Waals surface area contributed by atoms with Crippen molar-refractivity contribution in [2.45, 2.75) is 63.6 Å². The van der Waals surface area contributed by atoms with Crippen LogP contribution >= 0.6 is 24.8 Å². The number of anilines is 1. The van der Waals surface area contributed by atoms with Crippen molar-refractivity contribution in [3.63, 3.8) is 0 Å². The van der Waals surface area contributed by atoms with Crippen molar-refractivity contribution < 1.29 is 9.53 Å². The lowest BCUT2D eigenvalue weighted by atomic mass is 9.90. The number of hydrogen-bond donors (Lipinski definition) is 3. The Morgan fingerprint density at radius 3 is 2.68 bits per heavy atom. The van der Waals surface area contributed by atoms with E-state index in [1.165, 1.54) is 0 Å². The highest BCUT2D eigenvalue weighted by molar-refractivity contribution is 5.97. The molecule has 34 heavy (non-hydrogen) atoms. The average Bonchev–Trinajstić information content (AvgIpc) is 3.23. The van der Waals surface area contributed by atoms with Crippen LogP contribution in [0.25, 0.3) is 10.9 Å². The van der Waals surface area contributed by atoms with E-state index in [0.717, 1.165) is 55.0 Å². The van der Waals surface area contributed by atoms with Crippen LogP contribution in [-0.4, -0.2) is 65.1 Å². The number of aliphatic imine (C=N–C) groups is 1. The maximum absolute atomic E-state index is 13.4. The molecule has 0 spiro atoms. The standard InChI is InChI=1S/C23H33N7O2.2ClH/c1-14-9-10-17-16(12-14)20(27-18-7-3-4-8-19(18)28-23(24)25)29-21(26-17)22(31)30-11-5-6-15(30)13-32-2;;/h9-10,12,15,18-19H,3-8,11,13H2,1-2H3,(H4,24,25,28)(H,26,27,29);2*1H/t15-,18-,19+;;/m0../s1. The number of carbonyl (C=O) groups is 1. The van der Waals surface area contributed by atoms with Crippen LogP contribution in [0.1, 0.15) is 54.7 Å². The van der Waals surface area contributed by atoms with Gasteiger partial charge in [-0.1, -0.05) is 24.5 Å². The minimum absolute atomic E-state index is 0. The molecule has 3 atom stereocenters. The number of carbonyl (C=O) groups excluding carboxylic acids is 1. The number of fused-ring (bicyclic) bond motifs is 1. The van der Waals surface area contributed by atoms with Gasteiger partial charge in [0, 0.05) is 19.0 Å². The smallest absolute Gasteiger partial charge is 0.292 e. The largest absolute Gasteiger partial charge is 0.383 e. The summed E-state index contributed by atoms with van der Waals surface area (Å²) in [6.07, 6.45) is 5.91. The fourth-order valence-electron chi connectivity index (χ4n) is 4.85. The van der Waals surface area contributed by atoms with E-state index < -0.39 is 0 Å². The number of nitrogens with one attached hydrogen (secondary N) is 1. The Labute approximate surface area is 212 Å². The van der Waals surface area contributed by atoms with Gasteiger partial charge >= 0.3 is 0 Å². The number of halogens is 2. The van der Waals surface area contributed by atoms with Crippen molar-refractivity contribution >= 4 is 53.4 Å². The van der Waals surface area contributed by atoms with Crippen molar-refractivity contribution in [2.24, 2.45) is 16.5 Å². The number of rotatable bonds is 6. The van der Waals surface area contributed by atoms with Gasteiger partial charge in [0.05, 0.1) is 30.2 Å². The summed E-state index contributed by atoms with van der Waals surface area (Å²) < 4.78 is 5.31. The first-order valence-corrected chi connectivity index (χ1v) is 11.4. The highest BCUT2D eigenvalue weighted by Crippen LogP contribution is 2.29. The number of aryl methyl sites for hydroxylation is 1. The zero-order valence-electron chi connectivity index (χ0n) is 19.7. The molecule has 2 fully saturated rings. The number of benzene rings is 1. The molecule has 188 valence electrons. The van der Waals surface area contributed by atoms with E-state index in [1.54, 1.807) is 7.11 Å². The zero-order chi connectivity index (χ0) is 22.7. The normalized spacial score (nSPS) is 21.9. The first kappa shape index (κ1) is 27.9. The summed E-state index contributed by atoms with van der Waals surface area (Å²) >= 11 is 0. The second kappa shape index (κ2) is 12.4. The van der Waals surface area contributed by atoms with Crippen molar-refractivity contribution in [2.75, 3.05) is 25.6 Å². The predicted octanol–water partition coefficient (Wildman–Crippen LogP) is 3.03. The van der Waals surface area contributed by atoms with Gasteiger partial charge in [0.1, 0.15) is 5.82 Å². The molecular weight excluding hydrogens is 477 g/mol. The molecule has 9 nitrogen and oxygen atoms in total. The Morgan fingerprint density at radius 2 is 1.94 bits per heavy atom. The molecule has 1 saturated carbocycles. The molecule has 1 aliphatic carbocycles. The van der Waals surface area contributed by atoms with Gasteiger partial charge in [0.2, 0.25) is 5.82 Å². The second-order valence-electron chi connectivity index (χ2n) is 8.82. The van der Waals surface area contributed by atoms with Gasteiger partial charge < -0.3 is 26.4 Å². The minimum atomic E-state index is -0.153. The van der Waals surface area contributed by atoms with Crippen LogP contribution < -0.4 is 16.8 Å². The van der Waals surface area contributed by atoms with E-state index in [1.807, 2.05) is 30.0 Å². The number of likely N-dealkylation sites (tertiary alicyclic amines) is 1. The molecule has 0 radical (unpaired) electrons.